The van der Waals surface area contributed by atoms with Crippen molar-refractivity contribution in [3.8, 4) is 0 Å². The molecule has 0 heterocycles. The molecule has 0 saturated heterocycles. The van der Waals surface area contributed by atoms with Gasteiger partial charge in [0.1, 0.15) is 0 Å². The molecule has 0 atom stereocenters. The fraction of sp³-hybridized carbons (Fsp3) is 0.278. The number of carbonyl (C=O) groups excluding carboxylic acids is 1. The Kier molecular flexibility index (Phi) is 4.94. The van der Waals surface area contributed by atoms with Crippen LogP contribution in [0.25, 0.3) is 0 Å². The molecule has 0 unspecified atom stereocenters. The van der Waals surface area contributed by atoms with Gasteiger partial charge < -0.3 is 5.32 Å². The van der Waals surface area contributed by atoms with Gasteiger partial charge >= 0.3 is 0 Å². The van der Waals surface area contributed by atoms with E-state index in [-0.39, 0.29) is 17.7 Å². The predicted octanol–water partition coefficient (Wildman–Crippen LogP) is 3.59. The molecule has 2 heteroatoms. The minimum atomic E-state index is 0.0159. The largest absolute Gasteiger partial charge is 0.355 e. The Morgan fingerprint density at radius 2 is 1.35 bits per heavy atom. The summed E-state index contributed by atoms with van der Waals surface area (Å²) in [6, 6.07) is 20.6. The molecule has 0 aliphatic carbocycles. The average molecular weight is 267 g/mol. The van der Waals surface area contributed by atoms with Gasteiger partial charge in [-0.3, -0.25) is 4.79 Å². The first-order chi connectivity index (χ1) is 9.68. The van der Waals surface area contributed by atoms with E-state index in [1.807, 2.05) is 50.2 Å². The monoisotopic (exact) mass is 267 g/mol. The van der Waals surface area contributed by atoms with Crippen LogP contribution in [0.2, 0.25) is 0 Å². The van der Waals surface area contributed by atoms with E-state index in [2.05, 4.69) is 29.6 Å². The Morgan fingerprint density at radius 3 is 1.75 bits per heavy atom. The zero-order valence-electron chi connectivity index (χ0n) is 12.0. The summed E-state index contributed by atoms with van der Waals surface area (Å²) >= 11 is 0. The van der Waals surface area contributed by atoms with Crippen LogP contribution in [0.1, 0.15) is 30.9 Å². The first-order valence-electron chi connectivity index (χ1n) is 7.06. The lowest BCUT2D eigenvalue weighted by Crippen LogP contribution is -2.32. The third-order valence-corrected chi connectivity index (χ3v) is 3.41. The standard InChI is InChI=1S/C18H21NO/c1-14(2)18(20)19-13-17(15-9-5-3-6-10-15)16-11-7-4-8-12-16/h3-12,14,17H,13H2,1-2H3,(H,19,20). The Balaban J connectivity index is 2.20. The van der Waals surface area contributed by atoms with Gasteiger partial charge in [-0.15, -0.1) is 0 Å². The number of amides is 1. The first-order valence-corrected chi connectivity index (χ1v) is 7.06. The topological polar surface area (TPSA) is 29.1 Å². The van der Waals surface area contributed by atoms with Crippen LogP contribution in [0.4, 0.5) is 0 Å². The van der Waals surface area contributed by atoms with Gasteiger partial charge in [0.2, 0.25) is 5.91 Å². The summed E-state index contributed by atoms with van der Waals surface area (Å²) in [7, 11) is 0. The fourth-order valence-corrected chi connectivity index (χ4v) is 2.21. The van der Waals surface area contributed by atoms with Crippen LogP contribution in [0, 0.1) is 5.92 Å². The Bertz CT molecular complexity index is 494. The summed E-state index contributed by atoms with van der Waals surface area (Å²) in [6.45, 7) is 4.45. The SMILES string of the molecule is CC(C)C(=O)NCC(c1ccccc1)c1ccccc1. The predicted molar refractivity (Wildman–Crippen MR) is 82.6 cm³/mol. The summed E-state index contributed by atoms with van der Waals surface area (Å²) in [4.78, 5) is 11.8. The van der Waals surface area contributed by atoms with Crippen LogP contribution >= 0.6 is 0 Å². The van der Waals surface area contributed by atoms with Gasteiger partial charge in [0.05, 0.1) is 0 Å². The molecule has 20 heavy (non-hydrogen) atoms. The normalized spacial score (nSPS) is 10.8. The second kappa shape index (κ2) is 6.90. The lowest BCUT2D eigenvalue weighted by atomic mass is 9.91. The number of benzene rings is 2. The second-order valence-electron chi connectivity index (χ2n) is 5.27. The van der Waals surface area contributed by atoms with E-state index in [9.17, 15) is 4.79 Å². The van der Waals surface area contributed by atoms with Crippen molar-refractivity contribution in [3.05, 3.63) is 71.8 Å². The maximum absolute atomic E-state index is 11.8. The minimum absolute atomic E-state index is 0.0159. The Morgan fingerprint density at radius 1 is 0.900 bits per heavy atom. The molecule has 1 amide bonds. The van der Waals surface area contributed by atoms with E-state index in [1.165, 1.54) is 11.1 Å². The van der Waals surface area contributed by atoms with E-state index >= 15 is 0 Å². The van der Waals surface area contributed by atoms with Crippen molar-refractivity contribution in [1.29, 1.82) is 0 Å². The van der Waals surface area contributed by atoms with Gasteiger partial charge in [0.25, 0.3) is 0 Å². The van der Waals surface area contributed by atoms with Crippen LogP contribution in [0.3, 0.4) is 0 Å². The first kappa shape index (κ1) is 14.3. The molecule has 2 aromatic carbocycles. The Labute approximate surface area is 120 Å². The number of hydrogen-bond acceptors (Lipinski definition) is 1. The number of nitrogens with one attached hydrogen (secondary N) is 1. The summed E-state index contributed by atoms with van der Waals surface area (Å²) in [5, 5.41) is 3.04. The van der Waals surface area contributed by atoms with Crippen LogP contribution in [0.15, 0.2) is 60.7 Å². The van der Waals surface area contributed by atoms with Crippen LogP contribution in [-0.4, -0.2) is 12.5 Å². The molecular formula is C18H21NO. The van der Waals surface area contributed by atoms with Crippen LogP contribution < -0.4 is 5.32 Å². The second-order valence-corrected chi connectivity index (χ2v) is 5.27. The smallest absolute Gasteiger partial charge is 0.222 e. The lowest BCUT2D eigenvalue weighted by molar-refractivity contribution is -0.124. The maximum atomic E-state index is 11.8. The van der Waals surface area contributed by atoms with E-state index in [1.54, 1.807) is 0 Å². The van der Waals surface area contributed by atoms with Gasteiger partial charge in [-0.1, -0.05) is 74.5 Å². The highest BCUT2D eigenvalue weighted by atomic mass is 16.1. The van der Waals surface area contributed by atoms with Gasteiger partial charge in [-0.05, 0) is 11.1 Å². The van der Waals surface area contributed by atoms with Crippen molar-refractivity contribution >= 4 is 5.91 Å². The molecule has 0 spiro atoms. The number of rotatable bonds is 5. The highest BCUT2D eigenvalue weighted by Gasteiger charge is 2.15. The highest BCUT2D eigenvalue weighted by Crippen LogP contribution is 2.23. The van der Waals surface area contributed by atoms with Crippen LogP contribution in [-0.2, 0) is 4.79 Å². The molecule has 2 rings (SSSR count). The van der Waals surface area contributed by atoms with Crippen molar-refractivity contribution in [1.82, 2.24) is 5.32 Å². The quantitative estimate of drug-likeness (QED) is 0.881. The van der Waals surface area contributed by atoms with Gasteiger partial charge in [0.15, 0.2) is 0 Å². The summed E-state index contributed by atoms with van der Waals surface area (Å²) in [5.74, 6) is 0.309. The van der Waals surface area contributed by atoms with Crippen molar-refractivity contribution in [2.45, 2.75) is 19.8 Å². The minimum Gasteiger partial charge on any atom is -0.355 e. The van der Waals surface area contributed by atoms with Crippen molar-refractivity contribution in [2.75, 3.05) is 6.54 Å². The Hall–Kier alpha value is -2.09. The van der Waals surface area contributed by atoms with Gasteiger partial charge in [0, 0.05) is 18.4 Å². The molecule has 0 fully saturated rings. The van der Waals surface area contributed by atoms with E-state index in [0.29, 0.717) is 6.54 Å². The molecule has 0 saturated carbocycles. The van der Waals surface area contributed by atoms with Crippen molar-refractivity contribution in [2.24, 2.45) is 5.92 Å². The van der Waals surface area contributed by atoms with Crippen molar-refractivity contribution < 1.29 is 4.79 Å². The van der Waals surface area contributed by atoms with Gasteiger partial charge in [-0.2, -0.15) is 0 Å². The molecular weight excluding hydrogens is 246 g/mol. The van der Waals surface area contributed by atoms with Crippen LogP contribution in [0.5, 0.6) is 0 Å². The summed E-state index contributed by atoms with van der Waals surface area (Å²) < 4.78 is 0. The summed E-state index contributed by atoms with van der Waals surface area (Å²) in [5.41, 5.74) is 2.45. The number of carbonyl (C=O) groups is 1. The highest BCUT2D eigenvalue weighted by molar-refractivity contribution is 5.77. The molecule has 2 aromatic rings. The fourth-order valence-electron chi connectivity index (χ4n) is 2.21. The third kappa shape index (κ3) is 3.70. The lowest BCUT2D eigenvalue weighted by Gasteiger charge is -2.19. The average Bonchev–Trinajstić information content (AvgIpc) is 2.49. The maximum Gasteiger partial charge on any atom is 0.222 e. The molecule has 104 valence electrons. The number of hydrogen-bond donors (Lipinski definition) is 1. The third-order valence-electron chi connectivity index (χ3n) is 3.41. The van der Waals surface area contributed by atoms with E-state index in [0.717, 1.165) is 0 Å². The molecule has 2 nitrogen and oxygen atoms in total. The molecule has 0 aliphatic rings. The zero-order chi connectivity index (χ0) is 14.4. The molecule has 0 aliphatic heterocycles. The molecule has 1 N–H and O–H groups in total. The summed E-state index contributed by atoms with van der Waals surface area (Å²) in [6.07, 6.45) is 0. The zero-order valence-corrected chi connectivity index (χ0v) is 12.0. The van der Waals surface area contributed by atoms with E-state index in [4.69, 9.17) is 0 Å². The van der Waals surface area contributed by atoms with E-state index < -0.39 is 0 Å². The molecule has 0 aromatic heterocycles. The van der Waals surface area contributed by atoms with Crippen molar-refractivity contribution in [3.63, 3.8) is 0 Å². The molecule has 0 radical (unpaired) electrons. The molecule has 0 bridgehead atoms. The van der Waals surface area contributed by atoms with Gasteiger partial charge in [-0.25, -0.2) is 0 Å².